The van der Waals surface area contributed by atoms with Gasteiger partial charge in [0.15, 0.2) is 17.7 Å². The molecule has 0 fully saturated rings. The Labute approximate surface area is 116 Å². The number of hydrogen-bond donors (Lipinski definition) is 1. The topological polar surface area (TPSA) is 60.5 Å². The number of carbonyl (C=O) groups excluding carboxylic acids is 1. The van der Waals surface area contributed by atoms with Crippen LogP contribution in [0.1, 0.15) is 5.56 Å². The Hall–Kier alpha value is -2.56. The van der Waals surface area contributed by atoms with Crippen molar-refractivity contribution in [3.8, 4) is 11.5 Å². The zero-order valence-electron chi connectivity index (χ0n) is 11.0. The van der Waals surface area contributed by atoms with Gasteiger partial charge < -0.3 is 14.8 Å². The second-order valence-electron chi connectivity index (χ2n) is 4.46. The van der Waals surface area contributed by atoms with E-state index in [2.05, 4.69) is 10.3 Å². The van der Waals surface area contributed by atoms with Crippen molar-refractivity contribution < 1.29 is 14.3 Å². The molecule has 5 nitrogen and oxygen atoms in total. The number of fused-ring (bicyclic) bond motifs is 1. The van der Waals surface area contributed by atoms with E-state index in [9.17, 15) is 4.79 Å². The highest BCUT2D eigenvalue weighted by molar-refractivity contribution is 5.95. The van der Waals surface area contributed by atoms with Crippen LogP contribution < -0.4 is 14.8 Å². The first kappa shape index (κ1) is 12.5. The number of para-hydroxylation sites is 1. The third-order valence-corrected chi connectivity index (χ3v) is 3.17. The van der Waals surface area contributed by atoms with Crippen LogP contribution in [0.3, 0.4) is 0 Å². The standard InChI is InChI=1S/C15H14N2O3/c1-19-12-7-4-8-16-14(12)17-15(18)13-9-10-5-2-3-6-11(10)20-13/h2-8,13H,9H2,1H3,(H,16,17,18)/t13-/m1/s1. The lowest BCUT2D eigenvalue weighted by Crippen LogP contribution is -2.31. The maximum absolute atomic E-state index is 12.2. The summed E-state index contributed by atoms with van der Waals surface area (Å²) < 4.78 is 10.8. The average Bonchev–Trinajstić information content (AvgIpc) is 2.92. The Morgan fingerprint density at radius 2 is 2.20 bits per heavy atom. The SMILES string of the molecule is COc1cccnc1NC(=O)[C@H]1Cc2ccccc2O1. The van der Waals surface area contributed by atoms with Crippen molar-refractivity contribution in [2.75, 3.05) is 12.4 Å². The van der Waals surface area contributed by atoms with Crippen molar-refractivity contribution >= 4 is 11.7 Å². The van der Waals surface area contributed by atoms with E-state index in [1.54, 1.807) is 18.3 Å². The molecule has 0 bridgehead atoms. The van der Waals surface area contributed by atoms with Crippen molar-refractivity contribution in [2.24, 2.45) is 0 Å². The van der Waals surface area contributed by atoms with Gasteiger partial charge in [-0.1, -0.05) is 18.2 Å². The minimum atomic E-state index is -0.529. The number of nitrogens with one attached hydrogen (secondary N) is 1. The Morgan fingerprint density at radius 1 is 1.35 bits per heavy atom. The molecule has 1 atom stereocenters. The third kappa shape index (κ3) is 2.30. The fraction of sp³-hybridized carbons (Fsp3) is 0.200. The molecule has 0 saturated carbocycles. The lowest BCUT2D eigenvalue weighted by molar-refractivity contribution is -0.122. The zero-order chi connectivity index (χ0) is 13.9. The van der Waals surface area contributed by atoms with Gasteiger partial charge in [0.1, 0.15) is 5.75 Å². The minimum absolute atomic E-state index is 0.224. The highest BCUT2D eigenvalue weighted by Gasteiger charge is 2.29. The smallest absolute Gasteiger partial charge is 0.267 e. The van der Waals surface area contributed by atoms with Gasteiger partial charge in [-0.2, -0.15) is 0 Å². The molecular formula is C15H14N2O3. The van der Waals surface area contributed by atoms with Crippen molar-refractivity contribution in [1.29, 1.82) is 0 Å². The number of amides is 1. The van der Waals surface area contributed by atoms with Crippen LogP contribution in [0.15, 0.2) is 42.6 Å². The monoisotopic (exact) mass is 270 g/mol. The van der Waals surface area contributed by atoms with Crippen molar-refractivity contribution in [3.05, 3.63) is 48.2 Å². The van der Waals surface area contributed by atoms with Gasteiger partial charge in [-0.25, -0.2) is 4.98 Å². The normalized spacial score (nSPS) is 16.1. The second kappa shape index (κ2) is 5.21. The second-order valence-corrected chi connectivity index (χ2v) is 4.46. The number of nitrogens with zero attached hydrogens (tertiary/aromatic N) is 1. The first-order valence-corrected chi connectivity index (χ1v) is 6.32. The maximum Gasteiger partial charge on any atom is 0.267 e. The molecular weight excluding hydrogens is 256 g/mol. The highest BCUT2D eigenvalue weighted by atomic mass is 16.5. The van der Waals surface area contributed by atoms with E-state index >= 15 is 0 Å². The molecule has 3 rings (SSSR count). The van der Waals surface area contributed by atoms with Crippen LogP contribution in [0.25, 0.3) is 0 Å². The molecule has 0 aliphatic carbocycles. The van der Waals surface area contributed by atoms with Gasteiger partial charge in [0.2, 0.25) is 0 Å². The first-order valence-electron chi connectivity index (χ1n) is 6.32. The molecule has 2 aromatic rings. The predicted molar refractivity (Wildman–Crippen MR) is 74.0 cm³/mol. The molecule has 2 heterocycles. The van der Waals surface area contributed by atoms with Gasteiger partial charge in [-0.05, 0) is 23.8 Å². The average molecular weight is 270 g/mol. The lowest BCUT2D eigenvalue weighted by atomic mass is 10.1. The summed E-state index contributed by atoms with van der Waals surface area (Å²) in [6, 6.07) is 11.1. The van der Waals surface area contributed by atoms with Crippen LogP contribution in [0.2, 0.25) is 0 Å². The van der Waals surface area contributed by atoms with Crippen LogP contribution in [-0.4, -0.2) is 24.1 Å². The summed E-state index contributed by atoms with van der Waals surface area (Å²) in [6.07, 6.45) is 1.64. The number of rotatable bonds is 3. The highest BCUT2D eigenvalue weighted by Crippen LogP contribution is 2.29. The number of anilines is 1. The molecule has 1 aliphatic heterocycles. The fourth-order valence-corrected chi connectivity index (χ4v) is 2.17. The number of carbonyl (C=O) groups is 1. The van der Waals surface area contributed by atoms with E-state index < -0.39 is 6.10 Å². The van der Waals surface area contributed by atoms with E-state index in [0.29, 0.717) is 18.0 Å². The quantitative estimate of drug-likeness (QED) is 0.927. The molecule has 0 spiro atoms. The van der Waals surface area contributed by atoms with E-state index in [0.717, 1.165) is 11.3 Å². The largest absolute Gasteiger partial charge is 0.493 e. The first-order chi connectivity index (χ1) is 9.78. The molecule has 5 heteroatoms. The summed E-state index contributed by atoms with van der Waals surface area (Å²) >= 11 is 0. The maximum atomic E-state index is 12.2. The van der Waals surface area contributed by atoms with Crippen LogP contribution in [0.4, 0.5) is 5.82 Å². The summed E-state index contributed by atoms with van der Waals surface area (Å²) in [4.78, 5) is 16.3. The molecule has 102 valence electrons. The molecule has 1 N–H and O–H groups in total. The van der Waals surface area contributed by atoms with Crippen LogP contribution in [-0.2, 0) is 11.2 Å². The van der Waals surface area contributed by atoms with Gasteiger partial charge in [0, 0.05) is 12.6 Å². The molecule has 0 saturated heterocycles. The predicted octanol–water partition coefficient (Wildman–Crippen LogP) is 2.03. The zero-order valence-corrected chi connectivity index (χ0v) is 11.0. The van der Waals surface area contributed by atoms with Gasteiger partial charge in [-0.3, -0.25) is 4.79 Å². The number of methoxy groups -OCH3 is 1. The Balaban J connectivity index is 1.72. The van der Waals surface area contributed by atoms with E-state index in [4.69, 9.17) is 9.47 Å². The van der Waals surface area contributed by atoms with Gasteiger partial charge >= 0.3 is 0 Å². The Kier molecular flexibility index (Phi) is 3.25. The summed E-state index contributed by atoms with van der Waals surface area (Å²) in [5.41, 5.74) is 1.04. The number of hydrogen-bond acceptors (Lipinski definition) is 4. The Morgan fingerprint density at radius 3 is 3.00 bits per heavy atom. The fourth-order valence-electron chi connectivity index (χ4n) is 2.17. The molecule has 1 aromatic carbocycles. The van der Waals surface area contributed by atoms with Crippen LogP contribution in [0.5, 0.6) is 11.5 Å². The van der Waals surface area contributed by atoms with E-state index in [1.807, 2.05) is 24.3 Å². The summed E-state index contributed by atoms with van der Waals surface area (Å²) in [5.74, 6) is 1.47. The summed E-state index contributed by atoms with van der Waals surface area (Å²) in [5, 5.41) is 2.74. The molecule has 0 unspecified atom stereocenters. The van der Waals surface area contributed by atoms with Crippen molar-refractivity contribution in [2.45, 2.75) is 12.5 Å². The number of aromatic nitrogens is 1. The van der Waals surface area contributed by atoms with Crippen LogP contribution >= 0.6 is 0 Å². The summed E-state index contributed by atoms with van der Waals surface area (Å²) in [7, 11) is 1.54. The number of benzene rings is 1. The molecule has 1 amide bonds. The number of pyridine rings is 1. The van der Waals surface area contributed by atoms with Gasteiger partial charge in [-0.15, -0.1) is 0 Å². The van der Waals surface area contributed by atoms with Gasteiger partial charge in [0.05, 0.1) is 7.11 Å². The molecule has 20 heavy (non-hydrogen) atoms. The van der Waals surface area contributed by atoms with E-state index in [-0.39, 0.29) is 5.91 Å². The lowest BCUT2D eigenvalue weighted by Gasteiger charge is -2.12. The minimum Gasteiger partial charge on any atom is -0.493 e. The van der Waals surface area contributed by atoms with Crippen molar-refractivity contribution in [1.82, 2.24) is 4.98 Å². The van der Waals surface area contributed by atoms with Crippen LogP contribution in [0, 0.1) is 0 Å². The molecule has 1 aliphatic rings. The third-order valence-electron chi connectivity index (χ3n) is 3.17. The van der Waals surface area contributed by atoms with Crippen molar-refractivity contribution in [3.63, 3.8) is 0 Å². The molecule has 1 aromatic heterocycles. The number of ether oxygens (including phenoxy) is 2. The Bertz CT molecular complexity index is 618. The molecule has 0 radical (unpaired) electrons. The van der Waals surface area contributed by atoms with E-state index in [1.165, 1.54) is 7.11 Å². The van der Waals surface area contributed by atoms with Gasteiger partial charge in [0.25, 0.3) is 5.91 Å². The summed E-state index contributed by atoms with van der Waals surface area (Å²) in [6.45, 7) is 0.